The van der Waals surface area contributed by atoms with E-state index in [4.69, 9.17) is 10.5 Å². The van der Waals surface area contributed by atoms with Gasteiger partial charge in [-0.3, -0.25) is 4.79 Å². The van der Waals surface area contributed by atoms with E-state index in [1.54, 1.807) is 0 Å². The van der Waals surface area contributed by atoms with Crippen LogP contribution < -0.4 is 11.1 Å². The maximum absolute atomic E-state index is 12.1. The molecule has 0 saturated carbocycles. The van der Waals surface area contributed by atoms with Crippen molar-refractivity contribution in [1.29, 1.82) is 0 Å². The van der Waals surface area contributed by atoms with Crippen LogP contribution in [0.2, 0.25) is 0 Å². The van der Waals surface area contributed by atoms with Gasteiger partial charge in [0.2, 0.25) is 16.0 Å². The summed E-state index contributed by atoms with van der Waals surface area (Å²) >= 11 is 0.399. The Balaban J connectivity index is 2.28. The molecule has 1 aromatic rings. The number of primary amides is 1. The maximum Gasteiger partial charge on any atom is 0.445 e. The van der Waals surface area contributed by atoms with E-state index in [1.165, 1.54) is 0 Å². The fourth-order valence-electron chi connectivity index (χ4n) is 0.812. The lowest BCUT2D eigenvalue weighted by atomic mass is 10.6. The van der Waals surface area contributed by atoms with E-state index in [2.05, 4.69) is 15.5 Å². The molecule has 6 nitrogen and oxygen atoms in total. The lowest BCUT2D eigenvalue weighted by Gasteiger charge is -2.02. The summed E-state index contributed by atoms with van der Waals surface area (Å²) in [5.74, 6) is -0.611. The third-order valence-electron chi connectivity index (χ3n) is 1.43. The van der Waals surface area contributed by atoms with Crippen LogP contribution in [0.25, 0.3) is 0 Å². The first-order chi connectivity index (χ1) is 7.89. The van der Waals surface area contributed by atoms with Crippen molar-refractivity contribution >= 4 is 22.4 Å². The molecule has 0 bridgehead atoms. The lowest BCUT2D eigenvalue weighted by Crippen LogP contribution is -2.20. The molecule has 1 amide bonds. The van der Waals surface area contributed by atoms with Crippen LogP contribution in [0.3, 0.4) is 0 Å². The van der Waals surface area contributed by atoms with Gasteiger partial charge in [-0.25, -0.2) is 0 Å². The second-order valence-electron chi connectivity index (χ2n) is 2.86. The molecule has 0 fully saturated rings. The zero-order chi connectivity index (χ0) is 12.9. The topological polar surface area (TPSA) is 90.1 Å². The molecule has 17 heavy (non-hydrogen) atoms. The van der Waals surface area contributed by atoms with E-state index >= 15 is 0 Å². The minimum absolute atomic E-state index is 0.0417. The van der Waals surface area contributed by atoms with E-state index in [0.717, 1.165) is 0 Å². The Hall–Kier alpha value is -1.42. The number of carbonyl (C=O) groups excluding carboxylic acids is 1. The number of alkyl halides is 3. The van der Waals surface area contributed by atoms with E-state index in [-0.39, 0.29) is 24.9 Å². The number of amides is 1. The van der Waals surface area contributed by atoms with Crippen LogP contribution in [-0.4, -0.2) is 35.9 Å². The molecule has 0 unspecified atom stereocenters. The average Bonchev–Trinajstić information content (AvgIpc) is 2.64. The first-order valence-electron chi connectivity index (χ1n) is 4.40. The third kappa shape index (κ3) is 4.95. The highest BCUT2D eigenvalue weighted by molar-refractivity contribution is 7.15. The molecule has 0 spiro atoms. The number of anilines is 1. The van der Waals surface area contributed by atoms with Gasteiger partial charge in [-0.1, -0.05) is 11.3 Å². The van der Waals surface area contributed by atoms with Gasteiger partial charge in [0.15, 0.2) is 0 Å². The number of rotatable bonds is 6. The van der Waals surface area contributed by atoms with Gasteiger partial charge < -0.3 is 15.8 Å². The predicted molar refractivity (Wildman–Crippen MR) is 53.4 cm³/mol. The molecule has 1 rings (SSSR count). The zero-order valence-electron chi connectivity index (χ0n) is 8.45. The molecule has 1 aromatic heterocycles. The predicted octanol–water partition coefficient (Wildman–Crippen LogP) is 0.471. The largest absolute Gasteiger partial charge is 0.445 e. The number of nitrogens with one attached hydrogen (secondary N) is 1. The summed E-state index contributed by atoms with van der Waals surface area (Å²) < 4.78 is 41.2. The second-order valence-corrected chi connectivity index (χ2v) is 3.83. The van der Waals surface area contributed by atoms with Crippen molar-refractivity contribution in [3.63, 3.8) is 0 Å². The maximum atomic E-state index is 12.1. The highest BCUT2D eigenvalue weighted by Crippen LogP contribution is 2.32. The molecule has 0 aliphatic rings. The van der Waals surface area contributed by atoms with Crippen molar-refractivity contribution in [2.45, 2.75) is 6.18 Å². The number of nitrogens with two attached hydrogens (primary N) is 1. The molecule has 10 heteroatoms. The molecular formula is C7H9F3N4O2S. The highest BCUT2D eigenvalue weighted by Gasteiger charge is 2.35. The Kier molecular flexibility index (Phi) is 4.63. The molecule has 0 saturated heterocycles. The normalized spacial score (nSPS) is 11.5. The summed E-state index contributed by atoms with van der Waals surface area (Å²) in [5.41, 5.74) is 4.81. The van der Waals surface area contributed by atoms with Crippen LogP contribution >= 0.6 is 11.3 Å². The zero-order valence-corrected chi connectivity index (χ0v) is 9.27. The van der Waals surface area contributed by atoms with Crippen molar-refractivity contribution < 1.29 is 22.7 Å². The van der Waals surface area contributed by atoms with Crippen molar-refractivity contribution in [2.24, 2.45) is 5.73 Å². The van der Waals surface area contributed by atoms with Gasteiger partial charge >= 0.3 is 6.18 Å². The molecular weight excluding hydrogens is 261 g/mol. The molecule has 1 heterocycles. The monoisotopic (exact) mass is 270 g/mol. The Morgan fingerprint density at radius 3 is 2.71 bits per heavy atom. The van der Waals surface area contributed by atoms with Crippen molar-refractivity contribution in [3.05, 3.63) is 5.01 Å². The summed E-state index contributed by atoms with van der Waals surface area (Å²) in [6, 6.07) is 0. The molecule has 0 radical (unpaired) electrons. The summed E-state index contributed by atoms with van der Waals surface area (Å²) in [6.45, 7) is 0.106. The minimum atomic E-state index is -4.49. The number of halogens is 3. The Bertz CT molecular complexity index is 381. The Morgan fingerprint density at radius 2 is 2.18 bits per heavy atom. The van der Waals surface area contributed by atoms with E-state index in [0.29, 0.717) is 11.3 Å². The summed E-state index contributed by atoms with van der Waals surface area (Å²) in [5, 5.41) is 7.89. The quantitative estimate of drug-likeness (QED) is 0.733. The summed E-state index contributed by atoms with van der Waals surface area (Å²) in [7, 11) is 0. The molecule has 0 atom stereocenters. The average molecular weight is 270 g/mol. The standard InChI is InChI=1S/C7H9F3N4O2S/c8-7(9,10)5-13-14-6(17-5)12-1-2-16-3-4(11)15/h1-3H2,(H2,11,15)(H,12,14). The SMILES string of the molecule is NC(=O)COCCNc1nnc(C(F)(F)F)s1. The van der Waals surface area contributed by atoms with Crippen molar-refractivity contribution in [2.75, 3.05) is 25.1 Å². The lowest BCUT2D eigenvalue weighted by molar-refractivity contribution is -0.138. The van der Waals surface area contributed by atoms with Gasteiger partial charge in [-0.2, -0.15) is 13.2 Å². The van der Waals surface area contributed by atoms with Crippen LogP contribution in [0, 0.1) is 0 Å². The number of ether oxygens (including phenoxy) is 1. The third-order valence-corrected chi connectivity index (χ3v) is 2.36. The number of nitrogens with zero attached hydrogens (tertiary/aromatic N) is 2. The first kappa shape index (κ1) is 13.6. The molecule has 96 valence electrons. The molecule has 0 aromatic carbocycles. The van der Waals surface area contributed by atoms with Crippen LogP contribution in [-0.2, 0) is 15.7 Å². The minimum Gasteiger partial charge on any atom is -0.370 e. The van der Waals surface area contributed by atoms with Crippen LogP contribution in [0.15, 0.2) is 0 Å². The van der Waals surface area contributed by atoms with E-state index < -0.39 is 17.1 Å². The fourth-order valence-corrected chi connectivity index (χ4v) is 1.45. The van der Waals surface area contributed by atoms with Crippen LogP contribution in [0.5, 0.6) is 0 Å². The van der Waals surface area contributed by atoms with Crippen molar-refractivity contribution in [1.82, 2.24) is 10.2 Å². The molecule has 0 aliphatic carbocycles. The second kappa shape index (κ2) is 5.77. The van der Waals surface area contributed by atoms with Gasteiger partial charge in [0.1, 0.15) is 6.61 Å². The number of carbonyl (C=O) groups is 1. The number of hydrogen-bond acceptors (Lipinski definition) is 6. The summed E-state index contributed by atoms with van der Waals surface area (Å²) in [4.78, 5) is 10.3. The Morgan fingerprint density at radius 1 is 1.47 bits per heavy atom. The number of aromatic nitrogens is 2. The van der Waals surface area contributed by atoms with Crippen LogP contribution in [0.4, 0.5) is 18.3 Å². The van der Waals surface area contributed by atoms with E-state index in [1.807, 2.05) is 0 Å². The molecule has 3 N–H and O–H groups in total. The van der Waals surface area contributed by atoms with Gasteiger partial charge in [-0.15, -0.1) is 10.2 Å². The van der Waals surface area contributed by atoms with Gasteiger partial charge in [-0.05, 0) is 0 Å². The van der Waals surface area contributed by atoms with Gasteiger partial charge in [0.05, 0.1) is 6.61 Å². The van der Waals surface area contributed by atoms with Crippen LogP contribution in [0.1, 0.15) is 5.01 Å². The number of hydrogen-bond donors (Lipinski definition) is 2. The molecule has 0 aliphatic heterocycles. The first-order valence-corrected chi connectivity index (χ1v) is 5.22. The van der Waals surface area contributed by atoms with Gasteiger partial charge in [0.25, 0.3) is 0 Å². The van der Waals surface area contributed by atoms with Gasteiger partial charge in [0, 0.05) is 6.54 Å². The fraction of sp³-hybridized carbons (Fsp3) is 0.571. The van der Waals surface area contributed by atoms with Crippen molar-refractivity contribution in [3.8, 4) is 0 Å². The van der Waals surface area contributed by atoms with E-state index in [9.17, 15) is 18.0 Å². The summed E-state index contributed by atoms with van der Waals surface area (Å²) in [6.07, 6.45) is -4.49. The highest BCUT2D eigenvalue weighted by atomic mass is 32.1. The smallest absolute Gasteiger partial charge is 0.370 e. The Labute approximate surface area is 98.0 Å².